The van der Waals surface area contributed by atoms with Gasteiger partial charge >= 0.3 is 5.91 Å². The normalized spacial score (nSPS) is 17.9. The first-order chi connectivity index (χ1) is 24.3. The molecule has 7 rings (SSSR count). The summed E-state index contributed by atoms with van der Waals surface area (Å²) in [5, 5.41) is 21.4. The number of aliphatic hydroxyl groups is 1. The Balaban J connectivity index is 1.27. The van der Waals surface area contributed by atoms with Crippen molar-refractivity contribution in [2.24, 2.45) is 0 Å². The third-order valence-corrected chi connectivity index (χ3v) is 10.7. The molecule has 1 fully saturated rings. The fourth-order valence-corrected chi connectivity index (χ4v) is 7.92. The van der Waals surface area contributed by atoms with E-state index in [4.69, 9.17) is 25.8 Å². The molecule has 2 aliphatic heterocycles. The highest BCUT2D eigenvalue weighted by Crippen LogP contribution is 2.46. The lowest BCUT2D eigenvalue weighted by Gasteiger charge is -2.24. The average Bonchev–Trinajstić information content (AvgIpc) is 3.82. The van der Waals surface area contributed by atoms with Crippen LogP contribution in [-0.2, 0) is 28.4 Å². The van der Waals surface area contributed by atoms with Gasteiger partial charge in [0.1, 0.15) is 24.2 Å². The zero-order valence-corrected chi connectivity index (χ0v) is 29.6. The molecule has 1 amide bonds. The number of aromatic nitrogens is 2. The predicted molar refractivity (Wildman–Crippen MR) is 194 cm³/mol. The minimum Gasteiger partial charge on any atom is -0.507 e. The molecule has 1 saturated heterocycles. The van der Waals surface area contributed by atoms with E-state index < -0.39 is 17.7 Å². The highest BCUT2D eigenvalue weighted by atomic mass is 35.5. The van der Waals surface area contributed by atoms with Gasteiger partial charge in [0.15, 0.2) is 15.8 Å². The zero-order valence-electron chi connectivity index (χ0n) is 27.2. The SMILES string of the molecule is CCOc1cc([C@@H]2C(=C(O)c3ccc4c(c3)C[C@H](C)O4)C(=O)C(=O)N2c2nnc(SCc3ccc(Cl)cc3)s2)ccc1OCc1ccccc1. The maximum absolute atomic E-state index is 13.9. The van der Waals surface area contributed by atoms with Crippen LogP contribution in [0.25, 0.3) is 5.76 Å². The molecule has 50 heavy (non-hydrogen) atoms. The van der Waals surface area contributed by atoms with Gasteiger partial charge in [-0.1, -0.05) is 83.2 Å². The number of thioether (sulfide) groups is 1. The van der Waals surface area contributed by atoms with Gasteiger partial charge in [0.25, 0.3) is 5.78 Å². The first-order valence-corrected chi connectivity index (χ1v) is 18.2. The highest BCUT2D eigenvalue weighted by Gasteiger charge is 2.48. The van der Waals surface area contributed by atoms with Gasteiger partial charge in [-0.3, -0.25) is 14.5 Å². The van der Waals surface area contributed by atoms with Gasteiger partial charge in [-0.25, -0.2) is 0 Å². The number of ketones is 1. The van der Waals surface area contributed by atoms with Crippen LogP contribution >= 0.6 is 34.7 Å². The van der Waals surface area contributed by atoms with Crippen LogP contribution in [0.5, 0.6) is 17.2 Å². The summed E-state index contributed by atoms with van der Waals surface area (Å²) in [5.41, 5.74) is 3.83. The molecule has 9 nitrogen and oxygen atoms in total. The van der Waals surface area contributed by atoms with Crippen LogP contribution in [-0.4, -0.2) is 39.7 Å². The van der Waals surface area contributed by atoms with Gasteiger partial charge in [-0.15, -0.1) is 10.2 Å². The Morgan fingerprint density at radius 2 is 1.78 bits per heavy atom. The number of benzene rings is 4. The molecular formula is C38H32ClN3O6S2. The van der Waals surface area contributed by atoms with Gasteiger partial charge in [-0.2, -0.15) is 0 Å². The topological polar surface area (TPSA) is 111 Å². The van der Waals surface area contributed by atoms with E-state index in [2.05, 4.69) is 10.2 Å². The van der Waals surface area contributed by atoms with Crippen LogP contribution in [0.15, 0.2) is 101 Å². The van der Waals surface area contributed by atoms with Crippen molar-refractivity contribution >= 4 is 57.3 Å². The molecule has 254 valence electrons. The first kappa shape index (κ1) is 33.6. The van der Waals surface area contributed by atoms with Crippen LogP contribution in [0, 0.1) is 0 Å². The fourth-order valence-electron chi connectivity index (χ4n) is 5.97. The molecule has 3 heterocycles. The van der Waals surface area contributed by atoms with Crippen LogP contribution < -0.4 is 19.1 Å². The van der Waals surface area contributed by atoms with Gasteiger partial charge in [0.2, 0.25) is 5.13 Å². The Hall–Kier alpha value is -4.84. The molecule has 0 spiro atoms. The molecule has 0 radical (unpaired) electrons. The standard InChI is InChI=1S/C38H32ClN3O6S2/c1-3-46-31-19-25(11-16-30(31)47-20-23-7-5-4-6-8-23)33-32(34(43)26-12-15-29-27(18-26)17-22(2)48-29)35(44)36(45)42(33)37-40-41-38(50-37)49-21-24-9-13-28(39)14-10-24/h4-16,18-19,22,33,43H,3,17,20-21H2,1-2H3/t22-,33+/m0/s1. The second-order valence-electron chi connectivity index (χ2n) is 11.8. The van der Waals surface area contributed by atoms with E-state index in [1.165, 1.54) is 28.0 Å². The third-order valence-electron chi connectivity index (χ3n) is 8.31. The van der Waals surface area contributed by atoms with Crippen molar-refractivity contribution in [3.63, 3.8) is 0 Å². The van der Waals surface area contributed by atoms with Crippen molar-refractivity contribution < 1.29 is 28.9 Å². The van der Waals surface area contributed by atoms with E-state index in [0.29, 0.717) is 57.4 Å². The van der Waals surface area contributed by atoms with Gasteiger partial charge in [0.05, 0.1) is 18.2 Å². The smallest absolute Gasteiger partial charge is 0.301 e. The molecule has 0 unspecified atom stereocenters. The summed E-state index contributed by atoms with van der Waals surface area (Å²) in [7, 11) is 0. The van der Waals surface area contributed by atoms with E-state index in [1.54, 1.807) is 36.4 Å². The summed E-state index contributed by atoms with van der Waals surface area (Å²) in [6.45, 7) is 4.51. The molecule has 1 aromatic heterocycles. The second kappa shape index (κ2) is 14.6. The maximum atomic E-state index is 13.9. The van der Waals surface area contributed by atoms with Crippen LogP contribution in [0.2, 0.25) is 5.02 Å². The third kappa shape index (κ3) is 6.94. The van der Waals surface area contributed by atoms with Crippen LogP contribution in [0.4, 0.5) is 5.13 Å². The summed E-state index contributed by atoms with van der Waals surface area (Å²) in [6, 6.07) is 26.8. The average molecular weight is 726 g/mol. The summed E-state index contributed by atoms with van der Waals surface area (Å²) in [5.74, 6) is 0.343. The van der Waals surface area contributed by atoms with Gasteiger partial charge < -0.3 is 19.3 Å². The number of carbonyl (C=O) groups excluding carboxylic acids is 2. The van der Waals surface area contributed by atoms with E-state index in [9.17, 15) is 14.7 Å². The summed E-state index contributed by atoms with van der Waals surface area (Å²) >= 11 is 8.70. The number of halogens is 1. The van der Waals surface area contributed by atoms with E-state index in [1.807, 2.05) is 68.4 Å². The van der Waals surface area contributed by atoms with E-state index >= 15 is 0 Å². The molecule has 0 bridgehead atoms. The monoisotopic (exact) mass is 725 g/mol. The molecule has 4 aromatic carbocycles. The van der Waals surface area contributed by atoms with Crippen molar-refractivity contribution in [2.75, 3.05) is 11.5 Å². The largest absolute Gasteiger partial charge is 0.507 e. The molecule has 5 aromatic rings. The number of fused-ring (bicyclic) bond motifs is 1. The number of Topliss-reactive ketones (excluding diaryl/α,β-unsaturated/α-hetero) is 1. The summed E-state index contributed by atoms with van der Waals surface area (Å²) < 4.78 is 18.6. The second-order valence-corrected chi connectivity index (χ2v) is 14.4. The Labute approximate surface area is 302 Å². The van der Waals surface area contributed by atoms with Crippen molar-refractivity contribution in [1.82, 2.24) is 10.2 Å². The van der Waals surface area contributed by atoms with E-state index in [0.717, 1.165) is 22.4 Å². The molecule has 1 N–H and O–H groups in total. The highest BCUT2D eigenvalue weighted by molar-refractivity contribution is 8.00. The van der Waals surface area contributed by atoms with Crippen molar-refractivity contribution in [3.8, 4) is 17.2 Å². The molecular weight excluding hydrogens is 694 g/mol. The lowest BCUT2D eigenvalue weighted by atomic mass is 9.94. The molecule has 2 aliphatic rings. The molecule has 0 saturated carbocycles. The number of hydrogen-bond donors (Lipinski definition) is 1. The number of ether oxygens (including phenoxy) is 3. The Bertz CT molecular complexity index is 2090. The Morgan fingerprint density at radius 1 is 0.980 bits per heavy atom. The van der Waals surface area contributed by atoms with Crippen molar-refractivity contribution in [3.05, 3.63) is 129 Å². The molecule has 2 atom stereocenters. The molecule has 12 heteroatoms. The predicted octanol–water partition coefficient (Wildman–Crippen LogP) is 8.41. The van der Waals surface area contributed by atoms with Crippen molar-refractivity contribution in [1.29, 1.82) is 0 Å². The van der Waals surface area contributed by atoms with Crippen LogP contribution in [0.3, 0.4) is 0 Å². The minimum absolute atomic E-state index is 0.00301. The zero-order chi connectivity index (χ0) is 34.8. The lowest BCUT2D eigenvalue weighted by molar-refractivity contribution is -0.132. The number of nitrogens with zero attached hydrogens (tertiary/aromatic N) is 3. The molecule has 0 aliphatic carbocycles. The van der Waals surface area contributed by atoms with Gasteiger partial charge in [-0.05, 0) is 78.6 Å². The number of aliphatic hydroxyl groups excluding tert-OH is 1. The summed E-state index contributed by atoms with van der Waals surface area (Å²) in [4.78, 5) is 29.1. The number of amides is 1. The first-order valence-electron chi connectivity index (χ1n) is 16.0. The van der Waals surface area contributed by atoms with E-state index in [-0.39, 0.29) is 22.6 Å². The Kier molecular flexibility index (Phi) is 9.80. The fraction of sp³-hybridized carbons (Fsp3) is 0.211. The quantitative estimate of drug-likeness (QED) is 0.0472. The van der Waals surface area contributed by atoms with Gasteiger partial charge in [0, 0.05) is 22.8 Å². The number of carbonyl (C=O) groups is 2. The summed E-state index contributed by atoms with van der Waals surface area (Å²) in [6.07, 6.45) is 0.661. The Morgan fingerprint density at radius 3 is 2.56 bits per heavy atom. The number of rotatable bonds is 11. The van der Waals surface area contributed by atoms with Crippen molar-refractivity contribution in [2.45, 2.75) is 49.1 Å². The van der Waals surface area contributed by atoms with Crippen LogP contribution in [0.1, 0.15) is 47.7 Å². The maximum Gasteiger partial charge on any atom is 0.301 e. The minimum atomic E-state index is -1.03. The number of hydrogen-bond acceptors (Lipinski definition) is 10. The lowest BCUT2D eigenvalue weighted by Crippen LogP contribution is -2.29. The number of anilines is 1.